The molecule has 106 valence electrons. The van der Waals surface area contributed by atoms with Crippen LogP contribution in [0.2, 0.25) is 0 Å². The van der Waals surface area contributed by atoms with Crippen LogP contribution in [0, 0.1) is 0 Å². The third-order valence-electron chi connectivity index (χ3n) is 2.37. The van der Waals surface area contributed by atoms with E-state index in [0.717, 1.165) is 5.56 Å². The molecule has 2 amide bonds. The summed E-state index contributed by atoms with van der Waals surface area (Å²) in [7, 11) is 1.75. The Bertz CT molecular complexity index is 427. The Morgan fingerprint density at radius 2 is 2.16 bits per heavy atom. The summed E-state index contributed by atoms with van der Waals surface area (Å²) in [5.74, 6) is 0.584. The van der Waals surface area contributed by atoms with Crippen LogP contribution in [0.4, 0.5) is 4.79 Å². The van der Waals surface area contributed by atoms with Gasteiger partial charge in [-0.1, -0.05) is 6.07 Å². The second-order valence-corrected chi connectivity index (χ2v) is 5.44. The maximum absolute atomic E-state index is 12.0. The number of aromatic nitrogens is 1. The number of pyridine rings is 1. The molecule has 0 saturated heterocycles. The van der Waals surface area contributed by atoms with Crippen molar-refractivity contribution in [2.75, 3.05) is 13.7 Å². The number of urea groups is 1. The summed E-state index contributed by atoms with van der Waals surface area (Å²) in [6.07, 6.45) is 1.68. The van der Waals surface area contributed by atoms with Gasteiger partial charge in [-0.05, 0) is 33.8 Å². The number of rotatable bonds is 4. The van der Waals surface area contributed by atoms with Gasteiger partial charge in [0.25, 0.3) is 0 Å². The van der Waals surface area contributed by atoms with Gasteiger partial charge in [0, 0.05) is 24.3 Å². The van der Waals surface area contributed by atoms with Gasteiger partial charge in [0.1, 0.15) is 0 Å². The zero-order valence-electron chi connectivity index (χ0n) is 12.4. The van der Waals surface area contributed by atoms with Crippen molar-refractivity contribution in [2.45, 2.75) is 39.8 Å². The van der Waals surface area contributed by atoms with Crippen molar-refractivity contribution in [1.29, 1.82) is 0 Å². The number of amides is 2. The first-order valence-electron chi connectivity index (χ1n) is 6.43. The quantitative estimate of drug-likeness (QED) is 0.909. The van der Waals surface area contributed by atoms with Crippen LogP contribution in [-0.4, -0.2) is 35.1 Å². The topological polar surface area (TPSA) is 54.5 Å². The SMILES string of the molecule is CCOc1ncccc1CN(C)C(=O)NC(C)(C)C. The highest BCUT2D eigenvalue weighted by Gasteiger charge is 2.18. The predicted octanol–water partition coefficient (Wildman–Crippen LogP) is 2.42. The van der Waals surface area contributed by atoms with Crippen molar-refractivity contribution >= 4 is 6.03 Å². The van der Waals surface area contributed by atoms with E-state index in [1.165, 1.54) is 0 Å². The maximum atomic E-state index is 12.0. The molecular formula is C14H23N3O2. The molecular weight excluding hydrogens is 242 g/mol. The molecule has 1 aromatic heterocycles. The normalized spacial score (nSPS) is 11.0. The molecule has 0 aliphatic rings. The van der Waals surface area contributed by atoms with Crippen LogP contribution in [-0.2, 0) is 6.54 Å². The molecule has 0 fully saturated rings. The van der Waals surface area contributed by atoms with E-state index in [1.54, 1.807) is 18.1 Å². The first-order valence-corrected chi connectivity index (χ1v) is 6.43. The van der Waals surface area contributed by atoms with E-state index >= 15 is 0 Å². The fourth-order valence-corrected chi connectivity index (χ4v) is 1.55. The average Bonchev–Trinajstić information content (AvgIpc) is 2.29. The van der Waals surface area contributed by atoms with Crippen LogP contribution in [0.25, 0.3) is 0 Å². The Morgan fingerprint density at radius 1 is 1.47 bits per heavy atom. The van der Waals surface area contributed by atoms with Crippen molar-refractivity contribution in [3.63, 3.8) is 0 Å². The van der Waals surface area contributed by atoms with Gasteiger partial charge in [0.15, 0.2) is 0 Å². The third-order valence-corrected chi connectivity index (χ3v) is 2.37. The van der Waals surface area contributed by atoms with E-state index in [4.69, 9.17) is 4.74 Å². The Labute approximate surface area is 115 Å². The molecule has 0 aliphatic heterocycles. The van der Waals surface area contributed by atoms with Crippen molar-refractivity contribution in [2.24, 2.45) is 0 Å². The number of hydrogen-bond acceptors (Lipinski definition) is 3. The van der Waals surface area contributed by atoms with E-state index in [9.17, 15) is 4.79 Å². The lowest BCUT2D eigenvalue weighted by Gasteiger charge is -2.26. The summed E-state index contributed by atoms with van der Waals surface area (Å²) >= 11 is 0. The number of ether oxygens (including phenoxy) is 1. The second-order valence-electron chi connectivity index (χ2n) is 5.44. The van der Waals surface area contributed by atoms with Crippen molar-refractivity contribution in [3.8, 4) is 5.88 Å². The van der Waals surface area contributed by atoms with Gasteiger partial charge < -0.3 is 15.0 Å². The monoisotopic (exact) mass is 265 g/mol. The van der Waals surface area contributed by atoms with Crippen LogP contribution in [0.3, 0.4) is 0 Å². The molecule has 1 heterocycles. The number of carbonyl (C=O) groups is 1. The van der Waals surface area contributed by atoms with Gasteiger partial charge in [-0.3, -0.25) is 0 Å². The third kappa shape index (κ3) is 5.16. The molecule has 0 spiro atoms. The lowest BCUT2D eigenvalue weighted by atomic mass is 10.1. The minimum atomic E-state index is -0.247. The number of carbonyl (C=O) groups excluding carboxylic acids is 1. The number of hydrogen-bond donors (Lipinski definition) is 1. The van der Waals surface area contributed by atoms with Gasteiger partial charge in [-0.2, -0.15) is 0 Å². The number of nitrogens with zero attached hydrogens (tertiary/aromatic N) is 2. The minimum Gasteiger partial charge on any atom is -0.478 e. The Hall–Kier alpha value is -1.78. The molecule has 0 atom stereocenters. The molecule has 0 radical (unpaired) electrons. The summed E-state index contributed by atoms with van der Waals surface area (Å²) in [5.41, 5.74) is 0.652. The fourth-order valence-electron chi connectivity index (χ4n) is 1.55. The molecule has 0 aliphatic carbocycles. The molecule has 0 unspecified atom stereocenters. The minimum absolute atomic E-state index is 0.112. The largest absolute Gasteiger partial charge is 0.478 e. The summed E-state index contributed by atoms with van der Waals surface area (Å²) in [4.78, 5) is 17.8. The Balaban J connectivity index is 2.71. The van der Waals surface area contributed by atoms with Gasteiger partial charge >= 0.3 is 6.03 Å². The van der Waals surface area contributed by atoms with Gasteiger partial charge in [0.05, 0.1) is 13.2 Å². The van der Waals surface area contributed by atoms with E-state index in [-0.39, 0.29) is 11.6 Å². The molecule has 5 heteroatoms. The highest BCUT2D eigenvalue weighted by atomic mass is 16.5. The second kappa shape index (κ2) is 6.41. The highest BCUT2D eigenvalue weighted by molar-refractivity contribution is 5.74. The highest BCUT2D eigenvalue weighted by Crippen LogP contribution is 2.16. The van der Waals surface area contributed by atoms with Crippen molar-refractivity contribution in [3.05, 3.63) is 23.9 Å². The summed E-state index contributed by atoms with van der Waals surface area (Å²) in [6.45, 7) is 8.79. The van der Waals surface area contributed by atoms with E-state index < -0.39 is 0 Å². The van der Waals surface area contributed by atoms with Crippen molar-refractivity contribution in [1.82, 2.24) is 15.2 Å². The van der Waals surface area contributed by atoms with Crippen LogP contribution in [0.5, 0.6) is 5.88 Å². The van der Waals surface area contributed by atoms with Gasteiger partial charge in [0.2, 0.25) is 5.88 Å². The molecule has 0 saturated carbocycles. The Kier molecular flexibility index (Phi) is 5.15. The fraction of sp³-hybridized carbons (Fsp3) is 0.571. The first-order chi connectivity index (χ1) is 8.83. The van der Waals surface area contributed by atoms with Crippen LogP contribution in [0.15, 0.2) is 18.3 Å². The van der Waals surface area contributed by atoms with E-state index in [0.29, 0.717) is 19.0 Å². The van der Waals surface area contributed by atoms with Crippen LogP contribution >= 0.6 is 0 Å². The lowest BCUT2D eigenvalue weighted by Crippen LogP contribution is -2.46. The molecule has 1 aromatic rings. The van der Waals surface area contributed by atoms with E-state index in [2.05, 4.69) is 10.3 Å². The molecule has 1 N–H and O–H groups in total. The molecule has 1 rings (SSSR count). The molecule has 0 aromatic carbocycles. The molecule has 19 heavy (non-hydrogen) atoms. The summed E-state index contributed by atoms with van der Waals surface area (Å²) < 4.78 is 5.45. The summed E-state index contributed by atoms with van der Waals surface area (Å²) in [6, 6.07) is 3.64. The van der Waals surface area contributed by atoms with Gasteiger partial charge in [-0.25, -0.2) is 9.78 Å². The van der Waals surface area contributed by atoms with Gasteiger partial charge in [-0.15, -0.1) is 0 Å². The van der Waals surface area contributed by atoms with Crippen LogP contribution in [0.1, 0.15) is 33.3 Å². The molecule has 5 nitrogen and oxygen atoms in total. The van der Waals surface area contributed by atoms with Crippen molar-refractivity contribution < 1.29 is 9.53 Å². The Morgan fingerprint density at radius 3 is 2.74 bits per heavy atom. The zero-order valence-corrected chi connectivity index (χ0v) is 12.4. The van der Waals surface area contributed by atoms with E-state index in [1.807, 2.05) is 39.8 Å². The predicted molar refractivity (Wildman–Crippen MR) is 75.2 cm³/mol. The standard InChI is InChI=1S/C14H23N3O2/c1-6-19-12-11(8-7-9-15-12)10-17(5)13(18)16-14(2,3)4/h7-9H,6,10H2,1-5H3,(H,16,18). The smallest absolute Gasteiger partial charge is 0.317 e. The molecule has 0 bridgehead atoms. The lowest BCUT2D eigenvalue weighted by molar-refractivity contribution is 0.196. The summed E-state index contributed by atoms with van der Waals surface area (Å²) in [5, 5.41) is 2.92. The zero-order chi connectivity index (χ0) is 14.5. The first kappa shape index (κ1) is 15.3. The average molecular weight is 265 g/mol. The maximum Gasteiger partial charge on any atom is 0.317 e. The van der Waals surface area contributed by atoms with Crippen LogP contribution < -0.4 is 10.1 Å². The number of nitrogens with one attached hydrogen (secondary N) is 1.